The first kappa shape index (κ1) is 19.0. The van der Waals surface area contributed by atoms with Gasteiger partial charge < -0.3 is 14.5 Å². The highest BCUT2D eigenvalue weighted by Gasteiger charge is 2.19. The van der Waals surface area contributed by atoms with Crippen LogP contribution in [0, 0.1) is 6.92 Å². The molecule has 136 valence electrons. The van der Waals surface area contributed by atoms with Crippen molar-refractivity contribution in [1.29, 1.82) is 0 Å². The van der Waals surface area contributed by atoms with Crippen LogP contribution < -0.4 is 5.32 Å². The second-order valence-electron chi connectivity index (χ2n) is 6.72. The van der Waals surface area contributed by atoms with Gasteiger partial charge in [0.25, 0.3) is 5.91 Å². The largest absolute Gasteiger partial charge is 0.464 e. The Morgan fingerprint density at radius 3 is 2.60 bits per heavy atom. The summed E-state index contributed by atoms with van der Waals surface area (Å²) in [6, 6.07) is 4.08. The van der Waals surface area contributed by atoms with Crippen LogP contribution in [0.25, 0.3) is 11.0 Å². The van der Waals surface area contributed by atoms with E-state index in [4.69, 9.17) is 9.15 Å². The first-order valence-electron chi connectivity index (χ1n) is 8.81. The van der Waals surface area contributed by atoms with E-state index in [9.17, 15) is 9.59 Å². The SMILES string of the molecule is CCCNC(=O)C(C)OC(=O)Cc1coc2cc(C)c(C(C)C)cc12. The molecule has 0 spiro atoms. The van der Waals surface area contributed by atoms with E-state index in [1.165, 1.54) is 11.1 Å². The highest BCUT2D eigenvalue weighted by Crippen LogP contribution is 2.29. The number of carbonyl (C=O) groups is 2. The molecule has 1 amide bonds. The zero-order valence-corrected chi connectivity index (χ0v) is 15.6. The lowest BCUT2D eigenvalue weighted by Gasteiger charge is -2.13. The van der Waals surface area contributed by atoms with E-state index < -0.39 is 12.1 Å². The maximum atomic E-state index is 12.2. The van der Waals surface area contributed by atoms with Crippen molar-refractivity contribution in [2.45, 2.75) is 59.5 Å². The minimum absolute atomic E-state index is 0.0823. The lowest BCUT2D eigenvalue weighted by molar-refractivity contribution is -0.154. The number of rotatable bonds is 7. The standard InChI is InChI=1S/C20H27NO4/c1-6-7-21-20(23)14(5)25-19(22)9-15-11-24-18-8-13(4)16(12(2)3)10-17(15)18/h8,10-12,14H,6-7,9H2,1-5H3,(H,21,23). The number of nitrogens with one attached hydrogen (secondary N) is 1. The average molecular weight is 345 g/mol. The molecule has 0 radical (unpaired) electrons. The molecule has 2 rings (SSSR count). The molecular weight excluding hydrogens is 318 g/mol. The molecular formula is C20H27NO4. The minimum Gasteiger partial charge on any atom is -0.464 e. The maximum Gasteiger partial charge on any atom is 0.311 e. The van der Waals surface area contributed by atoms with E-state index in [2.05, 4.69) is 32.2 Å². The van der Waals surface area contributed by atoms with Crippen molar-refractivity contribution >= 4 is 22.8 Å². The number of carbonyl (C=O) groups excluding carboxylic acids is 2. The lowest BCUT2D eigenvalue weighted by atomic mass is 9.95. The summed E-state index contributed by atoms with van der Waals surface area (Å²) in [5, 5.41) is 3.64. The fraction of sp³-hybridized carbons (Fsp3) is 0.500. The molecule has 1 unspecified atom stereocenters. The lowest BCUT2D eigenvalue weighted by Crippen LogP contribution is -2.36. The van der Waals surface area contributed by atoms with Crippen LogP contribution >= 0.6 is 0 Å². The Labute approximate surface area is 148 Å². The summed E-state index contributed by atoms with van der Waals surface area (Å²) in [5.41, 5.74) is 3.95. The van der Waals surface area contributed by atoms with Gasteiger partial charge in [0.05, 0.1) is 12.7 Å². The van der Waals surface area contributed by atoms with Crippen molar-refractivity contribution in [3.8, 4) is 0 Å². The van der Waals surface area contributed by atoms with E-state index >= 15 is 0 Å². The van der Waals surface area contributed by atoms with Crippen LogP contribution in [0.5, 0.6) is 0 Å². The Hall–Kier alpha value is -2.30. The summed E-state index contributed by atoms with van der Waals surface area (Å²) in [6.07, 6.45) is 1.71. The number of hydrogen-bond donors (Lipinski definition) is 1. The van der Waals surface area contributed by atoms with Crippen LogP contribution in [-0.2, 0) is 20.7 Å². The van der Waals surface area contributed by atoms with Gasteiger partial charge in [-0.15, -0.1) is 0 Å². The highest BCUT2D eigenvalue weighted by molar-refractivity contribution is 5.88. The Kier molecular flexibility index (Phi) is 6.23. The topological polar surface area (TPSA) is 68.5 Å². The van der Waals surface area contributed by atoms with Crippen molar-refractivity contribution < 1.29 is 18.7 Å². The summed E-state index contributed by atoms with van der Waals surface area (Å²) >= 11 is 0. The molecule has 0 aliphatic heterocycles. The van der Waals surface area contributed by atoms with Gasteiger partial charge in [0.1, 0.15) is 5.58 Å². The van der Waals surface area contributed by atoms with Gasteiger partial charge in [-0.05, 0) is 49.4 Å². The Morgan fingerprint density at radius 2 is 1.96 bits per heavy atom. The molecule has 0 fully saturated rings. The number of amides is 1. The highest BCUT2D eigenvalue weighted by atomic mass is 16.5. The number of hydrogen-bond acceptors (Lipinski definition) is 4. The Bertz CT molecular complexity index is 760. The predicted molar refractivity (Wildman–Crippen MR) is 97.6 cm³/mol. The second-order valence-corrected chi connectivity index (χ2v) is 6.72. The van der Waals surface area contributed by atoms with Gasteiger partial charge in [0.2, 0.25) is 0 Å². The monoisotopic (exact) mass is 345 g/mol. The van der Waals surface area contributed by atoms with Gasteiger partial charge in [0, 0.05) is 17.5 Å². The van der Waals surface area contributed by atoms with E-state index in [1.807, 2.05) is 13.0 Å². The summed E-state index contributed by atoms with van der Waals surface area (Å²) < 4.78 is 10.8. The van der Waals surface area contributed by atoms with Gasteiger partial charge in [-0.25, -0.2) is 0 Å². The van der Waals surface area contributed by atoms with Gasteiger partial charge in [-0.3, -0.25) is 9.59 Å². The van der Waals surface area contributed by atoms with Crippen molar-refractivity contribution in [3.63, 3.8) is 0 Å². The first-order chi connectivity index (χ1) is 11.8. The normalized spacial score (nSPS) is 12.4. The molecule has 1 aromatic heterocycles. The van der Waals surface area contributed by atoms with E-state index in [-0.39, 0.29) is 12.3 Å². The predicted octanol–water partition coefficient (Wildman–Crippen LogP) is 3.87. The summed E-state index contributed by atoms with van der Waals surface area (Å²) in [5.74, 6) is -0.320. The third-order valence-electron chi connectivity index (χ3n) is 4.23. The molecule has 0 saturated carbocycles. The maximum absolute atomic E-state index is 12.2. The number of fused-ring (bicyclic) bond motifs is 1. The third-order valence-corrected chi connectivity index (χ3v) is 4.23. The number of esters is 1. The zero-order valence-electron chi connectivity index (χ0n) is 15.6. The number of benzene rings is 1. The van der Waals surface area contributed by atoms with Gasteiger partial charge in [-0.2, -0.15) is 0 Å². The molecule has 0 aliphatic rings. The van der Waals surface area contributed by atoms with Crippen molar-refractivity contribution in [1.82, 2.24) is 5.32 Å². The van der Waals surface area contributed by atoms with Gasteiger partial charge >= 0.3 is 5.97 Å². The molecule has 5 heteroatoms. The Balaban J connectivity index is 2.10. The molecule has 2 aromatic rings. The number of furan rings is 1. The average Bonchev–Trinajstić information content (AvgIpc) is 2.92. The molecule has 0 bridgehead atoms. The van der Waals surface area contributed by atoms with Crippen molar-refractivity contribution in [2.24, 2.45) is 0 Å². The molecule has 1 aromatic carbocycles. The molecule has 1 atom stereocenters. The number of aryl methyl sites for hydroxylation is 1. The smallest absolute Gasteiger partial charge is 0.311 e. The van der Waals surface area contributed by atoms with Crippen LogP contribution in [0.4, 0.5) is 0 Å². The van der Waals surface area contributed by atoms with E-state index in [0.29, 0.717) is 12.5 Å². The van der Waals surface area contributed by atoms with E-state index in [1.54, 1.807) is 13.2 Å². The molecule has 25 heavy (non-hydrogen) atoms. The minimum atomic E-state index is -0.800. The van der Waals surface area contributed by atoms with Crippen LogP contribution in [0.1, 0.15) is 56.7 Å². The first-order valence-corrected chi connectivity index (χ1v) is 8.81. The summed E-state index contributed by atoms with van der Waals surface area (Å²) in [6.45, 7) is 10.5. The molecule has 0 saturated heterocycles. The Morgan fingerprint density at radius 1 is 1.24 bits per heavy atom. The van der Waals surface area contributed by atoms with Crippen LogP contribution in [0.3, 0.4) is 0 Å². The van der Waals surface area contributed by atoms with Crippen molar-refractivity contribution in [3.05, 3.63) is 35.1 Å². The summed E-state index contributed by atoms with van der Waals surface area (Å²) in [4.78, 5) is 24.0. The third kappa shape index (κ3) is 4.62. The molecule has 0 aliphatic carbocycles. The van der Waals surface area contributed by atoms with Gasteiger partial charge in [-0.1, -0.05) is 20.8 Å². The molecule has 1 heterocycles. The van der Waals surface area contributed by atoms with Crippen molar-refractivity contribution in [2.75, 3.05) is 6.54 Å². The van der Waals surface area contributed by atoms with Crippen LogP contribution in [-0.4, -0.2) is 24.5 Å². The fourth-order valence-corrected chi connectivity index (χ4v) is 2.84. The van der Waals surface area contributed by atoms with Crippen LogP contribution in [0.2, 0.25) is 0 Å². The molecule has 5 nitrogen and oxygen atoms in total. The van der Waals surface area contributed by atoms with E-state index in [0.717, 1.165) is 23.0 Å². The van der Waals surface area contributed by atoms with Gasteiger partial charge in [0.15, 0.2) is 6.10 Å². The number of ether oxygens (including phenoxy) is 1. The molecule has 1 N–H and O–H groups in total. The second kappa shape index (κ2) is 8.19. The zero-order chi connectivity index (χ0) is 18.6. The fourth-order valence-electron chi connectivity index (χ4n) is 2.84. The summed E-state index contributed by atoms with van der Waals surface area (Å²) in [7, 11) is 0. The quantitative estimate of drug-likeness (QED) is 0.774. The van der Waals surface area contributed by atoms with Crippen LogP contribution in [0.15, 0.2) is 22.8 Å².